The van der Waals surface area contributed by atoms with Crippen LogP contribution in [0.3, 0.4) is 0 Å². The maximum absolute atomic E-state index is 13.0. The van der Waals surface area contributed by atoms with Gasteiger partial charge in [0.15, 0.2) is 0 Å². The van der Waals surface area contributed by atoms with Crippen LogP contribution < -0.4 is 16.0 Å². The number of nitrogens with one attached hydrogen (secondary N) is 3. The summed E-state index contributed by atoms with van der Waals surface area (Å²) in [5, 5.41) is 8.72. The Morgan fingerprint density at radius 2 is 1.71 bits per heavy atom. The molecule has 0 unspecified atom stereocenters. The van der Waals surface area contributed by atoms with E-state index in [4.69, 9.17) is 4.74 Å². The molecule has 0 bridgehead atoms. The van der Waals surface area contributed by atoms with Crippen LogP contribution in [0.5, 0.6) is 0 Å². The first-order valence-corrected chi connectivity index (χ1v) is 11.6. The Balaban J connectivity index is 1.63. The summed E-state index contributed by atoms with van der Waals surface area (Å²) in [5.41, 5.74) is 3.27. The third kappa shape index (κ3) is 6.81. The number of piperidine rings is 1. The van der Waals surface area contributed by atoms with Crippen molar-refractivity contribution < 1.29 is 19.1 Å². The Morgan fingerprint density at radius 3 is 2.35 bits per heavy atom. The first kappa shape index (κ1) is 25.2. The highest BCUT2D eigenvalue weighted by Gasteiger charge is 2.34. The van der Waals surface area contributed by atoms with Gasteiger partial charge in [0, 0.05) is 38.0 Å². The lowest BCUT2D eigenvalue weighted by Crippen LogP contribution is -2.54. The molecule has 0 radical (unpaired) electrons. The number of amides is 4. The van der Waals surface area contributed by atoms with Crippen LogP contribution in [-0.4, -0.2) is 62.1 Å². The first-order chi connectivity index (χ1) is 16.4. The summed E-state index contributed by atoms with van der Waals surface area (Å²) < 4.78 is 5.03. The number of anilines is 1. The Bertz CT molecular complexity index is 985. The van der Waals surface area contributed by atoms with E-state index in [0.29, 0.717) is 44.6 Å². The van der Waals surface area contributed by atoms with Crippen molar-refractivity contribution in [1.82, 2.24) is 15.5 Å². The number of ether oxygens (including phenoxy) is 1. The number of likely N-dealkylation sites (tertiary alicyclic amines) is 1. The van der Waals surface area contributed by atoms with Crippen LogP contribution in [0.4, 0.5) is 10.5 Å². The van der Waals surface area contributed by atoms with Crippen LogP contribution >= 0.6 is 0 Å². The summed E-state index contributed by atoms with van der Waals surface area (Å²) in [6.45, 7) is 5.63. The molecule has 0 aromatic heterocycles. The minimum absolute atomic E-state index is 0.0843. The molecule has 3 N–H and O–H groups in total. The zero-order valence-electron chi connectivity index (χ0n) is 20.1. The number of hydrogen-bond acceptors (Lipinski definition) is 4. The standard InChI is InChI=1S/C26H34N4O4/c1-18-8-10-21(11-9-18)28-26(33)30-15-12-20(13-16-30)23(25(32)27-14-17-34-3)29-24(31)22-7-5-4-6-19(22)2/h4-11,20,23H,12-17H2,1-3H3,(H,27,32)(H,28,33)(H,29,31)/t23-/m1/s1. The van der Waals surface area contributed by atoms with Gasteiger partial charge < -0.3 is 25.6 Å². The number of methoxy groups -OCH3 is 1. The van der Waals surface area contributed by atoms with Crippen LogP contribution in [-0.2, 0) is 9.53 Å². The van der Waals surface area contributed by atoms with Gasteiger partial charge in [-0.2, -0.15) is 0 Å². The number of hydrogen-bond donors (Lipinski definition) is 3. The first-order valence-electron chi connectivity index (χ1n) is 11.6. The highest BCUT2D eigenvalue weighted by atomic mass is 16.5. The fraction of sp³-hybridized carbons (Fsp3) is 0.423. The number of aryl methyl sites for hydroxylation is 2. The molecule has 182 valence electrons. The SMILES string of the molecule is COCCNC(=O)[C@H](NC(=O)c1ccccc1C)C1CCN(C(=O)Nc2ccc(C)cc2)CC1. The highest BCUT2D eigenvalue weighted by Crippen LogP contribution is 2.23. The van der Waals surface area contributed by atoms with Gasteiger partial charge in [-0.1, -0.05) is 35.9 Å². The molecule has 3 rings (SSSR count). The summed E-state index contributed by atoms with van der Waals surface area (Å²) in [7, 11) is 1.57. The molecule has 8 nitrogen and oxygen atoms in total. The van der Waals surface area contributed by atoms with Crippen LogP contribution in [0.15, 0.2) is 48.5 Å². The molecule has 1 saturated heterocycles. The van der Waals surface area contributed by atoms with Crippen molar-refractivity contribution in [3.8, 4) is 0 Å². The summed E-state index contributed by atoms with van der Waals surface area (Å²) in [4.78, 5) is 40.4. The zero-order valence-corrected chi connectivity index (χ0v) is 20.1. The third-order valence-corrected chi connectivity index (χ3v) is 6.17. The van der Waals surface area contributed by atoms with Crippen molar-refractivity contribution in [2.45, 2.75) is 32.7 Å². The molecule has 1 aliphatic rings. The van der Waals surface area contributed by atoms with E-state index in [0.717, 1.165) is 16.8 Å². The van der Waals surface area contributed by atoms with Gasteiger partial charge in [0.2, 0.25) is 5.91 Å². The summed E-state index contributed by atoms with van der Waals surface area (Å²) in [6.07, 6.45) is 1.22. The maximum Gasteiger partial charge on any atom is 0.321 e. The van der Waals surface area contributed by atoms with Crippen LogP contribution in [0.1, 0.15) is 34.3 Å². The lowest BCUT2D eigenvalue weighted by atomic mass is 9.88. The molecule has 1 heterocycles. The van der Waals surface area contributed by atoms with Gasteiger partial charge in [-0.3, -0.25) is 9.59 Å². The lowest BCUT2D eigenvalue weighted by molar-refractivity contribution is -0.124. The van der Waals surface area contributed by atoms with Crippen molar-refractivity contribution in [2.24, 2.45) is 5.92 Å². The second-order valence-electron chi connectivity index (χ2n) is 8.67. The topological polar surface area (TPSA) is 99.8 Å². The van der Waals surface area contributed by atoms with E-state index in [2.05, 4.69) is 16.0 Å². The third-order valence-electron chi connectivity index (χ3n) is 6.17. The maximum atomic E-state index is 13.0. The van der Waals surface area contributed by atoms with Crippen molar-refractivity contribution in [1.29, 1.82) is 0 Å². The van der Waals surface area contributed by atoms with Gasteiger partial charge in [-0.05, 0) is 56.4 Å². The molecule has 0 spiro atoms. The molecule has 2 aromatic rings. The number of rotatable bonds is 8. The van der Waals surface area contributed by atoms with E-state index in [1.54, 1.807) is 24.1 Å². The number of urea groups is 1. The minimum atomic E-state index is -0.689. The molecule has 2 aromatic carbocycles. The number of carbonyl (C=O) groups excluding carboxylic acids is 3. The van der Waals surface area contributed by atoms with Crippen molar-refractivity contribution in [3.63, 3.8) is 0 Å². The van der Waals surface area contributed by atoms with Gasteiger partial charge in [0.25, 0.3) is 5.91 Å². The molecule has 1 aliphatic heterocycles. The predicted octanol–water partition coefficient (Wildman–Crippen LogP) is 3.11. The van der Waals surface area contributed by atoms with Crippen molar-refractivity contribution in [3.05, 3.63) is 65.2 Å². The van der Waals surface area contributed by atoms with E-state index in [-0.39, 0.29) is 23.8 Å². The molecule has 34 heavy (non-hydrogen) atoms. The fourth-order valence-corrected chi connectivity index (χ4v) is 4.11. The summed E-state index contributed by atoms with van der Waals surface area (Å²) >= 11 is 0. The second-order valence-corrected chi connectivity index (χ2v) is 8.67. The minimum Gasteiger partial charge on any atom is -0.383 e. The second kappa shape index (κ2) is 12.2. The Labute approximate surface area is 201 Å². The monoisotopic (exact) mass is 466 g/mol. The normalized spacial score (nSPS) is 14.9. The summed E-state index contributed by atoms with van der Waals surface area (Å²) in [6, 6.07) is 14.1. The lowest BCUT2D eigenvalue weighted by Gasteiger charge is -2.35. The Kier molecular flexibility index (Phi) is 9.04. The molecule has 4 amide bonds. The van der Waals surface area contributed by atoms with Crippen molar-refractivity contribution in [2.75, 3.05) is 38.7 Å². The largest absolute Gasteiger partial charge is 0.383 e. The van der Waals surface area contributed by atoms with E-state index in [1.165, 1.54) is 0 Å². The molecule has 8 heteroatoms. The molecule has 0 aliphatic carbocycles. The zero-order chi connectivity index (χ0) is 24.5. The van der Waals surface area contributed by atoms with E-state index >= 15 is 0 Å². The number of nitrogens with zero attached hydrogens (tertiary/aromatic N) is 1. The average Bonchev–Trinajstić information content (AvgIpc) is 2.84. The predicted molar refractivity (Wildman–Crippen MR) is 132 cm³/mol. The van der Waals surface area contributed by atoms with Crippen molar-refractivity contribution >= 4 is 23.5 Å². The van der Waals surface area contributed by atoms with Gasteiger partial charge in [-0.25, -0.2) is 4.79 Å². The van der Waals surface area contributed by atoms with E-state index in [9.17, 15) is 14.4 Å². The van der Waals surface area contributed by atoms with E-state index in [1.807, 2.05) is 50.2 Å². The van der Waals surface area contributed by atoms with E-state index < -0.39 is 6.04 Å². The molecular formula is C26H34N4O4. The smallest absolute Gasteiger partial charge is 0.321 e. The Hall–Kier alpha value is -3.39. The molecule has 1 atom stereocenters. The van der Waals surface area contributed by atoms with Gasteiger partial charge in [-0.15, -0.1) is 0 Å². The quantitative estimate of drug-likeness (QED) is 0.521. The molecule has 0 saturated carbocycles. The fourth-order valence-electron chi connectivity index (χ4n) is 4.11. The van der Waals surface area contributed by atoms with Gasteiger partial charge in [0.1, 0.15) is 6.04 Å². The average molecular weight is 467 g/mol. The van der Waals surface area contributed by atoms with Gasteiger partial charge in [0.05, 0.1) is 6.61 Å². The number of benzene rings is 2. The van der Waals surface area contributed by atoms with Crippen LogP contribution in [0.2, 0.25) is 0 Å². The van der Waals surface area contributed by atoms with Gasteiger partial charge >= 0.3 is 6.03 Å². The van der Waals surface area contributed by atoms with Crippen LogP contribution in [0.25, 0.3) is 0 Å². The van der Waals surface area contributed by atoms with Crippen LogP contribution in [0, 0.1) is 19.8 Å². The highest BCUT2D eigenvalue weighted by molar-refractivity contribution is 5.98. The molecule has 1 fully saturated rings. The molecular weight excluding hydrogens is 432 g/mol. The number of carbonyl (C=O) groups is 3. The summed E-state index contributed by atoms with van der Waals surface area (Å²) in [5.74, 6) is -0.593. The Morgan fingerprint density at radius 1 is 1.03 bits per heavy atom.